The van der Waals surface area contributed by atoms with Gasteiger partial charge in [0, 0.05) is 5.03 Å². The van der Waals surface area contributed by atoms with Gasteiger partial charge in [-0.05, 0) is 19.8 Å². The number of carboxylic acids is 1. The molecular formula is C9H13ClO2. The number of aliphatic carboxylic acids is 1. The maximum atomic E-state index is 10.6. The van der Waals surface area contributed by atoms with Crippen LogP contribution in [0.15, 0.2) is 23.8 Å². The Morgan fingerprint density at radius 3 is 2.58 bits per heavy atom. The average Bonchev–Trinajstić information content (AvgIpc) is 1.96. The second-order valence-corrected chi connectivity index (χ2v) is 3.18. The lowest BCUT2D eigenvalue weighted by Gasteiger charge is -2.05. The predicted molar refractivity (Wildman–Crippen MR) is 50.2 cm³/mol. The minimum atomic E-state index is -0.802. The molecule has 1 atom stereocenters. The van der Waals surface area contributed by atoms with Gasteiger partial charge in [0.2, 0.25) is 0 Å². The minimum absolute atomic E-state index is 0.392. The lowest BCUT2D eigenvalue weighted by Crippen LogP contribution is -2.11. The highest BCUT2D eigenvalue weighted by Gasteiger charge is 2.13. The second-order valence-electron chi connectivity index (χ2n) is 2.59. The van der Waals surface area contributed by atoms with Crippen molar-refractivity contribution < 1.29 is 9.90 Å². The molecule has 0 saturated heterocycles. The summed E-state index contributed by atoms with van der Waals surface area (Å²) in [6.45, 7) is 5.22. The van der Waals surface area contributed by atoms with Crippen molar-refractivity contribution in [1.82, 2.24) is 0 Å². The van der Waals surface area contributed by atoms with E-state index in [1.165, 1.54) is 0 Å². The Morgan fingerprint density at radius 1 is 1.67 bits per heavy atom. The standard InChI is InChI=1S/C9H13ClO2/c1-3-4-8(9(11)12)6-5-7(2)10/h3,5,8H,1,4,6H2,2H3,(H,11,12)/b7-5+. The van der Waals surface area contributed by atoms with Crippen LogP contribution >= 0.6 is 11.6 Å². The van der Waals surface area contributed by atoms with Gasteiger partial charge in [0.1, 0.15) is 0 Å². The zero-order valence-corrected chi connectivity index (χ0v) is 7.84. The van der Waals surface area contributed by atoms with Crippen molar-refractivity contribution in [1.29, 1.82) is 0 Å². The van der Waals surface area contributed by atoms with Gasteiger partial charge in [0.05, 0.1) is 5.92 Å². The molecule has 0 aliphatic rings. The number of hydrogen-bond acceptors (Lipinski definition) is 1. The molecule has 0 aromatic carbocycles. The van der Waals surface area contributed by atoms with E-state index < -0.39 is 11.9 Å². The minimum Gasteiger partial charge on any atom is -0.481 e. The molecule has 0 aliphatic carbocycles. The maximum absolute atomic E-state index is 10.6. The van der Waals surface area contributed by atoms with Gasteiger partial charge in [-0.15, -0.1) is 6.58 Å². The summed E-state index contributed by atoms with van der Waals surface area (Å²) >= 11 is 5.57. The molecule has 0 spiro atoms. The fourth-order valence-corrected chi connectivity index (χ4v) is 0.893. The summed E-state index contributed by atoms with van der Waals surface area (Å²) in [4.78, 5) is 10.6. The van der Waals surface area contributed by atoms with E-state index in [4.69, 9.17) is 16.7 Å². The Kier molecular flexibility index (Phi) is 5.47. The van der Waals surface area contributed by atoms with E-state index >= 15 is 0 Å². The molecule has 0 saturated carbocycles. The molecule has 0 bridgehead atoms. The Bertz CT molecular complexity index is 193. The molecule has 1 unspecified atom stereocenters. The third-order valence-corrected chi connectivity index (χ3v) is 1.64. The first-order chi connectivity index (χ1) is 5.57. The highest BCUT2D eigenvalue weighted by molar-refractivity contribution is 6.29. The summed E-state index contributed by atoms with van der Waals surface area (Å²) in [5.74, 6) is -1.19. The lowest BCUT2D eigenvalue weighted by atomic mass is 10.0. The number of carbonyl (C=O) groups is 1. The number of allylic oxidation sites excluding steroid dienone is 3. The quantitative estimate of drug-likeness (QED) is 0.674. The van der Waals surface area contributed by atoms with E-state index in [1.807, 2.05) is 0 Å². The first kappa shape index (κ1) is 11.2. The highest BCUT2D eigenvalue weighted by Crippen LogP contribution is 2.12. The molecule has 1 N–H and O–H groups in total. The third kappa shape index (κ3) is 4.97. The van der Waals surface area contributed by atoms with E-state index in [0.717, 1.165) is 0 Å². The predicted octanol–water partition coefficient (Wildman–Crippen LogP) is 2.80. The van der Waals surface area contributed by atoms with Crippen LogP contribution in [-0.2, 0) is 4.79 Å². The zero-order chi connectivity index (χ0) is 9.56. The van der Waals surface area contributed by atoms with Crippen molar-refractivity contribution in [2.75, 3.05) is 0 Å². The largest absolute Gasteiger partial charge is 0.481 e. The zero-order valence-electron chi connectivity index (χ0n) is 7.09. The van der Waals surface area contributed by atoms with Crippen LogP contribution in [0.1, 0.15) is 19.8 Å². The molecule has 12 heavy (non-hydrogen) atoms. The van der Waals surface area contributed by atoms with Crippen LogP contribution in [0.3, 0.4) is 0 Å². The van der Waals surface area contributed by atoms with Gasteiger partial charge in [-0.25, -0.2) is 0 Å². The number of hydrogen-bond donors (Lipinski definition) is 1. The van der Waals surface area contributed by atoms with Gasteiger partial charge >= 0.3 is 5.97 Å². The molecule has 0 amide bonds. The monoisotopic (exact) mass is 188 g/mol. The summed E-state index contributed by atoms with van der Waals surface area (Å²) in [6.07, 6.45) is 4.27. The molecule has 3 heteroatoms. The lowest BCUT2D eigenvalue weighted by molar-refractivity contribution is -0.141. The molecular weight excluding hydrogens is 176 g/mol. The van der Waals surface area contributed by atoms with Crippen molar-refractivity contribution >= 4 is 17.6 Å². The van der Waals surface area contributed by atoms with Crippen LogP contribution in [-0.4, -0.2) is 11.1 Å². The highest BCUT2D eigenvalue weighted by atomic mass is 35.5. The van der Waals surface area contributed by atoms with E-state index in [-0.39, 0.29) is 0 Å². The summed E-state index contributed by atoms with van der Waals surface area (Å²) in [5.41, 5.74) is 0. The van der Waals surface area contributed by atoms with E-state index in [0.29, 0.717) is 17.9 Å². The van der Waals surface area contributed by atoms with Gasteiger partial charge in [0.25, 0.3) is 0 Å². The van der Waals surface area contributed by atoms with E-state index in [9.17, 15) is 4.79 Å². The van der Waals surface area contributed by atoms with Crippen molar-refractivity contribution in [3.8, 4) is 0 Å². The average molecular weight is 189 g/mol. The van der Waals surface area contributed by atoms with Gasteiger partial charge in [0.15, 0.2) is 0 Å². The van der Waals surface area contributed by atoms with Crippen LogP contribution in [0.25, 0.3) is 0 Å². The Hall–Kier alpha value is -0.760. The van der Waals surface area contributed by atoms with Gasteiger partial charge in [-0.3, -0.25) is 4.79 Å². The number of rotatable bonds is 5. The number of carboxylic acid groups (broad SMARTS) is 1. The molecule has 68 valence electrons. The van der Waals surface area contributed by atoms with Gasteiger partial charge < -0.3 is 5.11 Å². The van der Waals surface area contributed by atoms with Crippen molar-refractivity contribution in [3.63, 3.8) is 0 Å². The Morgan fingerprint density at radius 2 is 2.25 bits per heavy atom. The normalized spacial score (nSPS) is 14.0. The first-order valence-corrected chi connectivity index (χ1v) is 4.11. The van der Waals surface area contributed by atoms with Crippen molar-refractivity contribution in [3.05, 3.63) is 23.8 Å². The maximum Gasteiger partial charge on any atom is 0.307 e. The molecule has 0 rings (SSSR count). The topological polar surface area (TPSA) is 37.3 Å². The van der Waals surface area contributed by atoms with Crippen LogP contribution < -0.4 is 0 Å². The fourth-order valence-electron chi connectivity index (χ4n) is 0.804. The molecule has 0 aromatic heterocycles. The van der Waals surface area contributed by atoms with Gasteiger partial charge in [-0.2, -0.15) is 0 Å². The summed E-state index contributed by atoms with van der Waals surface area (Å²) in [6, 6.07) is 0. The van der Waals surface area contributed by atoms with Crippen molar-refractivity contribution in [2.24, 2.45) is 5.92 Å². The van der Waals surface area contributed by atoms with Crippen LogP contribution in [0.2, 0.25) is 0 Å². The Balaban J connectivity index is 4.04. The van der Waals surface area contributed by atoms with Crippen LogP contribution in [0.5, 0.6) is 0 Å². The molecule has 0 aliphatic heterocycles. The Labute approximate surface area is 77.5 Å². The smallest absolute Gasteiger partial charge is 0.307 e. The molecule has 0 heterocycles. The fraction of sp³-hybridized carbons (Fsp3) is 0.444. The first-order valence-electron chi connectivity index (χ1n) is 3.74. The van der Waals surface area contributed by atoms with Crippen LogP contribution in [0.4, 0.5) is 0 Å². The third-order valence-electron chi connectivity index (χ3n) is 1.48. The number of halogens is 1. The van der Waals surface area contributed by atoms with Crippen LogP contribution in [0, 0.1) is 5.92 Å². The van der Waals surface area contributed by atoms with Crippen molar-refractivity contribution in [2.45, 2.75) is 19.8 Å². The van der Waals surface area contributed by atoms with E-state index in [2.05, 4.69) is 6.58 Å². The molecule has 0 aromatic rings. The summed E-state index contributed by atoms with van der Waals surface area (Å²) in [7, 11) is 0. The SMILES string of the molecule is C=CCC(C/C=C(\C)Cl)C(=O)O. The van der Waals surface area contributed by atoms with Gasteiger partial charge in [-0.1, -0.05) is 23.8 Å². The second kappa shape index (κ2) is 5.84. The van der Waals surface area contributed by atoms with E-state index in [1.54, 1.807) is 19.1 Å². The molecule has 2 nitrogen and oxygen atoms in total. The summed E-state index contributed by atoms with van der Waals surface area (Å²) in [5, 5.41) is 9.33. The summed E-state index contributed by atoms with van der Waals surface area (Å²) < 4.78 is 0. The molecule has 0 fully saturated rings. The molecule has 0 radical (unpaired) electrons.